The molecule has 0 saturated heterocycles. The third-order valence-corrected chi connectivity index (χ3v) is 2.61. The first-order chi connectivity index (χ1) is 7.24. The molecule has 15 heavy (non-hydrogen) atoms. The van der Waals surface area contributed by atoms with E-state index in [2.05, 4.69) is 56.1 Å². The molecule has 0 aliphatic heterocycles. The molecule has 1 nitrogen and oxygen atoms in total. The highest BCUT2D eigenvalue weighted by Gasteiger charge is 2.07. The van der Waals surface area contributed by atoms with E-state index in [-0.39, 0.29) is 0 Å². The average molecular weight is 203 g/mol. The molecule has 0 bridgehead atoms. The average Bonchev–Trinajstić information content (AvgIpc) is 2.25. The molecular weight excluding hydrogens is 182 g/mol. The summed E-state index contributed by atoms with van der Waals surface area (Å²) in [6.45, 7) is 9.26. The van der Waals surface area contributed by atoms with Gasteiger partial charge < -0.3 is 5.32 Å². The van der Waals surface area contributed by atoms with Gasteiger partial charge in [-0.1, -0.05) is 49.4 Å². The number of rotatable bonds is 6. The Morgan fingerprint density at radius 3 is 2.53 bits per heavy atom. The van der Waals surface area contributed by atoms with Crippen molar-refractivity contribution in [2.24, 2.45) is 0 Å². The van der Waals surface area contributed by atoms with Gasteiger partial charge in [-0.2, -0.15) is 0 Å². The van der Waals surface area contributed by atoms with E-state index in [9.17, 15) is 0 Å². The first-order valence-corrected chi connectivity index (χ1v) is 5.66. The van der Waals surface area contributed by atoms with Gasteiger partial charge in [0.25, 0.3) is 0 Å². The predicted octanol–water partition coefficient (Wildman–Crippen LogP) is 3.17. The van der Waals surface area contributed by atoms with Crippen molar-refractivity contribution in [3.8, 4) is 0 Å². The second kappa shape index (κ2) is 6.41. The monoisotopic (exact) mass is 203 g/mol. The Morgan fingerprint density at radius 1 is 1.33 bits per heavy atom. The van der Waals surface area contributed by atoms with Crippen LogP contribution in [0.2, 0.25) is 0 Å². The van der Waals surface area contributed by atoms with Crippen LogP contribution in [-0.2, 0) is 6.42 Å². The summed E-state index contributed by atoms with van der Waals surface area (Å²) in [4.78, 5) is 0. The molecule has 0 radical (unpaired) electrons. The van der Waals surface area contributed by atoms with Gasteiger partial charge >= 0.3 is 0 Å². The van der Waals surface area contributed by atoms with Crippen LogP contribution in [0.1, 0.15) is 25.8 Å². The van der Waals surface area contributed by atoms with Crippen LogP contribution in [0.4, 0.5) is 0 Å². The highest BCUT2D eigenvalue weighted by molar-refractivity contribution is 5.15. The van der Waals surface area contributed by atoms with Gasteiger partial charge in [0, 0.05) is 6.04 Å². The quantitative estimate of drug-likeness (QED) is 0.700. The number of benzene rings is 1. The molecule has 0 aliphatic rings. The zero-order valence-electron chi connectivity index (χ0n) is 9.79. The largest absolute Gasteiger partial charge is 0.311 e. The van der Waals surface area contributed by atoms with Crippen molar-refractivity contribution < 1.29 is 0 Å². The maximum Gasteiger partial charge on any atom is 0.0277 e. The SMILES string of the molecule is C=C(C)C(CCc1ccccc1)NCC. The molecular formula is C14H21N. The van der Waals surface area contributed by atoms with Gasteiger partial charge in [-0.25, -0.2) is 0 Å². The molecule has 82 valence electrons. The number of aryl methyl sites for hydroxylation is 1. The van der Waals surface area contributed by atoms with Crippen molar-refractivity contribution in [2.45, 2.75) is 32.7 Å². The van der Waals surface area contributed by atoms with Crippen LogP contribution < -0.4 is 5.32 Å². The van der Waals surface area contributed by atoms with E-state index in [1.54, 1.807) is 0 Å². The maximum absolute atomic E-state index is 4.02. The molecule has 0 heterocycles. The van der Waals surface area contributed by atoms with Gasteiger partial charge in [-0.3, -0.25) is 0 Å². The lowest BCUT2D eigenvalue weighted by Crippen LogP contribution is -2.30. The van der Waals surface area contributed by atoms with Crippen LogP contribution in [0.25, 0.3) is 0 Å². The summed E-state index contributed by atoms with van der Waals surface area (Å²) in [6, 6.07) is 11.1. The highest BCUT2D eigenvalue weighted by Crippen LogP contribution is 2.09. The van der Waals surface area contributed by atoms with Gasteiger partial charge in [-0.15, -0.1) is 0 Å². The van der Waals surface area contributed by atoms with Crippen molar-refractivity contribution in [3.63, 3.8) is 0 Å². The Balaban J connectivity index is 2.43. The minimum Gasteiger partial charge on any atom is -0.311 e. The van der Waals surface area contributed by atoms with E-state index < -0.39 is 0 Å². The molecule has 1 unspecified atom stereocenters. The predicted molar refractivity (Wildman–Crippen MR) is 67.0 cm³/mol. The summed E-state index contributed by atoms with van der Waals surface area (Å²) in [5.74, 6) is 0. The van der Waals surface area contributed by atoms with Crippen molar-refractivity contribution in [3.05, 3.63) is 48.0 Å². The fourth-order valence-corrected chi connectivity index (χ4v) is 1.72. The Hall–Kier alpha value is -1.08. The molecule has 1 heteroatoms. The van der Waals surface area contributed by atoms with Gasteiger partial charge in [0.2, 0.25) is 0 Å². The number of hydrogen-bond donors (Lipinski definition) is 1. The lowest BCUT2D eigenvalue weighted by atomic mass is 10.0. The molecule has 0 fully saturated rings. The van der Waals surface area contributed by atoms with Gasteiger partial charge in [0.15, 0.2) is 0 Å². The third kappa shape index (κ3) is 4.30. The maximum atomic E-state index is 4.02. The molecule has 1 atom stereocenters. The summed E-state index contributed by atoms with van der Waals surface area (Å²) < 4.78 is 0. The minimum atomic E-state index is 0.454. The van der Waals surface area contributed by atoms with Crippen LogP contribution in [0.15, 0.2) is 42.5 Å². The van der Waals surface area contributed by atoms with Gasteiger partial charge in [0.1, 0.15) is 0 Å². The van der Waals surface area contributed by atoms with Crippen LogP contribution in [0.3, 0.4) is 0 Å². The van der Waals surface area contributed by atoms with Crippen LogP contribution in [0.5, 0.6) is 0 Å². The van der Waals surface area contributed by atoms with E-state index in [0.717, 1.165) is 19.4 Å². The van der Waals surface area contributed by atoms with E-state index in [1.165, 1.54) is 11.1 Å². The van der Waals surface area contributed by atoms with Crippen LogP contribution in [0, 0.1) is 0 Å². The van der Waals surface area contributed by atoms with E-state index in [4.69, 9.17) is 0 Å². The van der Waals surface area contributed by atoms with Gasteiger partial charge in [0.05, 0.1) is 0 Å². The topological polar surface area (TPSA) is 12.0 Å². The molecule has 0 spiro atoms. The molecule has 0 amide bonds. The molecule has 1 N–H and O–H groups in total. The summed E-state index contributed by atoms with van der Waals surface area (Å²) in [7, 11) is 0. The van der Waals surface area contributed by atoms with Crippen LogP contribution >= 0.6 is 0 Å². The van der Waals surface area contributed by atoms with Crippen molar-refractivity contribution in [2.75, 3.05) is 6.54 Å². The first kappa shape index (κ1) is 12.0. The molecule has 0 aromatic heterocycles. The summed E-state index contributed by atoms with van der Waals surface area (Å²) in [6.07, 6.45) is 2.25. The van der Waals surface area contributed by atoms with Gasteiger partial charge in [-0.05, 0) is 31.9 Å². The van der Waals surface area contributed by atoms with Crippen molar-refractivity contribution in [1.29, 1.82) is 0 Å². The zero-order chi connectivity index (χ0) is 11.1. The number of hydrogen-bond acceptors (Lipinski definition) is 1. The normalized spacial score (nSPS) is 12.4. The Bertz CT molecular complexity index is 289. The third-order valence-electron chi connectivity index (χ3n) is 2.61. The number of likely N-dealkylation sites (N-methyl/N-ethyl adjacent to an activating group) is 1. The fraction of sp³-hybridized carbons (Fsp3) is 0.429. The molecule has 1 rings (SSSR count). The number of nitrogens with one attached hydrogen (secondary N) is 1. The second-order valence-corrected chi connectivity index (χ2v) is 3.98. The lowest BCUT2D eigenvalue weighted by Gasteiger charge is -2.17. The molecule has 0 saturated carbocycles. The summed E-state index contributed by atoms with van der Waals surface area (Å²) in [5, 5.41) is 3.45. The van der Waals surface area contributed by atoms with Crippen LogP contribution in [-0.4, -0.2) is 12.6 Å². The zero-order valence-corrected chi connectivity index (χ0v) is 9.79. The smallest absolute Gasteiger partial charge is 0.0277 e. The molecule has 1 aromatic rings. The van der Waals surface area contributed by atoms with E-state index in [0.29, 0.717) is 6.04 Å². The van der Waals surface area contributed by atoms with Crippen molar-refractivity contribution in [1.82, 2.24) is 5.32 Å². The minimum absolute atomic E-state index is 0.454. The summed E-state index contributed by atoms with van der Waals surface area (Å²) >= 11 is 0. The van der Waals surface area contributed by atoms with E-state index in [1.807, 2.05) is 0 Å². The lowest BCUT2D eigenvalue weighted by molar-refractivity contribution is 0.552. The Labute approximate surface area is 93.2 Å². The summed E-state index contributed by atoms with van der Waals surface area (Å²) in [5.41, 5.74) is 2.63. The second-order valence-electron chi connectivity index (χ2n) is 3.98. The standard InChI is InChI=1S/C14H21N/c1-4-15-14(12(2)3)11-10-13-8-6-5-7-9-13/h5-9,14-15H,2,4,10-11H2,1,3H3. The van der Waals surface area contributed by atoms with E-state index >= 15 is 0 Å². The highest BCUT2D eigenvalue weighted by atomic mass is 14.9. The fourth-order valence-electron chi connectivity index (χ4n) is 1.72. The molecule has 0 aliphatic carbocycles. The van der Waals surface area contributed by atoms with Crippen molar-refractivity contribution >= 4 is 0 Å². The first-order valence-electron chi connectivity index (χ1n) is 5.66. The Morgan fingerprint density at radius 2 is 2.00 bits per heavy atom. The Kier molecular flexibility index (Phi) is 5.13. The molecule has 1 aromatic carbocycles.